The van der Waals surface area contributed by atoms with Crippen molar-refractivity contribution in [3.63, 3.8) is 0 Å². The summed E-state index contributed by atoms with van der Waals surface area (Å²) in [5.41, 5.74) is 9.23. The Bertz CT molecular complexity index is 633. The van der Waals surface area contributed by atoms with Crippen LogP contribution in [0.5, 0.6) is 0 Å². The largest absolute Gasteiger partial charge is 0.369 e. The lowest BCUT2D eigenvalue weighted by molar-refractivity contribution is 0.531. The number of aryl methyl sites for hydroxylation is 1. The monoisotopic (exact) mass is 266 g/mol. The summed E-state index contributed by atoms with van der Waals surface area (Å²) in [4.78, 5) is 10.7. The predicted molar refractivity (Wildman–Crippen MR) is 81.7 cm³/mol. The van der Waals surface area contributed by atoms with Gasteiger partial charge in [-0.1, -0.05) is 23.8 Å². The van der Waals surface area contributed by atoms with Crippen LogP contribution in [-0.2, 0) is 5.54 Å². The van der Waals surface area contributed by atoms with E-state index in [0.29, 0.717) is 12.5 Å². The Morgan fingerprint density at radius 3 is 2.60 bits per heavy atom. The number of aromatic nitrogens is 1. The minimum atomic E-state index is -0.284. The van der Waals surface area contributed by atoms with Gasteiger partial charge in [0.25, 0.3) is 0 Å². The van der Waals surface area contributed by atoms with Crippen molar-refractivity contribution in [2.75, 3.05) is 11.4 Å². The van der Waals surface area contributed by atoms with Crippen LogP contribution in [-0.4, -0.2) is 17.5 Å². The van der Waals surface area contributed by atoms with Crippen LogP contribution in [0.1, 0.15) is 18.1 Å². The van der Waals surface area contributed by atoms with E-state index >= 15 is 0 Å². The summed E-state index contributed by atoms with van der Waals surface area (Å²) >= 11 is 0. The molecule has 1 aromatic heterocycles. The molecule has 0 saturated heterocycles. The Kier molecular flexibility index (Phi) is 2.93. The zero-order valence-electron chi connectivity index (χ0n) is 11.7. The van der Waals surface area contributed by atoms with Crippen LogP contribution in [0.15, 0.2) is 53.8 Å². The van der Waals surface area contributed by atoms with Crippen molar-refractivity contribution in [3.05, 3.63) is 59.9 Å². The van der Waals surface area contributed by atoms with Gasteiger partial charge >= 0.3 is 0 Å². The van der Waals surface area contributed by atoms with Crippen LogP contribution in [0.3, 0.4) is 0 Å². The Balaban J connectivity index is 2.06. The average Bonchev–Trinajstić information content (AvgIpc) is 2.78. The number of benzene rings is 1. The lowest BCUT2D eigenvalue weighted by Gasteiger charge is -2.36. The van der Waals surface area contributed by atoms with Gasteiger partial charge in [0.15, 0.2) is 5.96 Å². The van der Waals surface area contributed by atoms with Crippen LogP contribution in [0.2, 0.25) is 0 Å². The molecule has 20 heavy (non-hydrogen) atoms. The van der Waals surface area contributed by atoms with Crippen LogP contribution in [0.25, 0.3) is 0 Å². The maximum Gasteiger partial charge on any atom is 0.196 e. The molecule has 1 atom stereocenters. The lowest BCUT2D eigenvalue weighted by atomic mass is 9.92. The number of guanidine groups is 1. The summed E-state index contributed by atoms with van der Waals surface area (Å²) in [5, 5.41) is 0. The Morgan fingerprint density at radius 1 is 1.20 bits per heavy atom. The number of hydrogen-bond donors (Lipinski definition) is 1. The molecule has 2 N–H and O–H groups in total. The quantitative estimate of drug-likeness (QED) is 0.908. The smallest absolute Gasteiger partial charge is 0.196 e. The first-order valence-corrected chi connectivity index (χ1v) is 6.68. The molecule has 4 heteroatoms. The van der Waals surface area contributed by atoms with Gasteiger partial charge in [0.05, 0.1) is 12.1 Å². The molecule has 0 radical (unpaired) electrons. The minimum Gasteiger partial charge on any atom is -0.369 e. The summed E-state index contributed by atoms with van der Waals surface area (Å²) in [7, 11) is 0. The molecule has 1 aromatic carbocycles. The van der Waals surface area contributed by atoms with Crippen LogP contribution < -0.4 is 10.6 Å². The third-order valence-corrected chi connectivity index (χ3v) is 3.85. The molecule has 0 aliphatic carbocycles. The molecule has 3 rings (SSSR count). The van der Waals surface area contributed by atoms with Gasteiger partial charge in [-0.2, -0.15) is 0 Å². The first-order valence-electron chi connectivity index (χ1n) is 6.68. The molecule has 2 heterocycles. The normalized spacial score (nSPS) is 21.9. The van der Waals surface area contributed by atoms with E-state index in [-0.39, 0.29) is 5.54 Å². The molecule has 1 aliphatic heterocycles. The molecule has 0 fully saturated rings. The van der Waals surface area contributed by atoms with E-state index in [2.05, 4.69) is 59.1 Å². The average molecular weight is 266 g/mol. The molecule has 2 aromatic rings. The topological polar surface area (TPSA) is 54.5 Å². The highest BCUT2D eigenvalue weighted by atomic mass is 15.4. The van der Waals surface area contributed by atoms with Gasteiger partial charge in [-0.3, -0.25) is 9.98 Å². The molecule has 4 nitrogen and oxygen atoms in total. The zero-order valence-corrected chi connectivity index (χ0v) is 11.7. The first kappa shape index (κ1) is 12.7. The molecule has 1 unspecified atom stereocenters. The van der Waals surface area contributed by atoms with Gasteiger partial charge in [-0.15, -0.1) is 0 Å². The van der Waals surface area contributed by atoms with Crippen molar-refractivity contribution in [3.8, 4) is 0 Å². The second kappa shape index (κ2) is 4.63. The number of nitrogens with two attached hydrogens (primary N) is 1. The summed E-state index contributed by atoms with van der Waals surface area (Å²) in [6, 6.07) is 12.4. The van der Waals surface area contributed by atoms with Crippen molar-refractivity contribution in [2.45, 2.75) is 19.4 Å². The summed E-state index contributed by atoms with van der Waals surface area (Å²) < 4.78 is 0. The summed E-state index contributed by atoms with van der Waals surface area (Å²) in [6.45, 7) is 4.86. The van der Waals surface area contributed by atoms with E-state index in [9.17, 15) is 0 Å². The molecular weight excluding hydrogens is 248 g/mol. The number of nitrogens with zero attached hydrogens (tertiary/aromatic N) is 3. The van der Waals surface area contributed by atoms with Crippen molar-refractivity contribution in [1.29, 1.82) is 0 Å². The maximum atomic E-state index is 6.12. The minimum absolute atomic E-state index is 0.284. The second-order valence-corrected chi connectivity index (χ2v) is 5.36. The molecule has 102 valence electrons. The number of rotatable bonds is 2. The van der Waals surface area contributed by atoms with Crippen molar-refractivity contribution in [2.24, 2.45) is 10.7 Å². The van der Waals surface area contributed by atoms with Crippen LogP contribution in [0.4, 0.5) is 5.69 Å². The number of hydrogen-bond acceptors (Lipinski definition) is 4. The lowest BCUT2D eigenvalue weighted by Crippen LogP contribution is -2.47. The third-order valence-electron chi connectivity index (χ3n) is 3.85. The van der Waals surface area contributed by atoms with Gasteiger partial charge in [0.2, 0.25) is 0 Å². The number of aliphatic imine (C=N–C) groups is 1. The number of anilines is 1. The predicted octanol–water partition coefficient (Wildman–Crippen LogP) is 2.44. The van der Waals surface area contributed by atoms with Crippen molar-refractivity contribution >= 4 is 11.6 Å². The van der Waals surface area contributed by atoms with Crippen molar-refractivity contribution < 1.29 is 0 Å². The fourth-order valence-corrected chi connectivity index (χ4v) is 2.64. The highest BCUT2D eigenvalue weighted by molar-refractivity contribution is 5.98. The van der Waals surface area contributed by atoms with Gasteiger partial charge in [-0.25, -0.2) is 0 Å². The standard InChI is InChI=1S/C16H18N4/c1-12-5-7-14(8-6-12)20-15(17)19-11-16(20,2)13-4-3-9-18-10-13/h3-10H,11H2,1-2H3,(H2,17,19). The number of pyridine rings is 1. The van der Waals surface area contributed by atoms with Gasteiger partial charge < -0.3 is 10.6 Å². The van der Waals surface area contributed by atoms with Crippen LogP contribution in [0, 0.1) is 6.92 Å². The maximum absolute atomic E-state index is 6.12. The first-order chi connectivity index (χ1) is 9.61. The fourth-order valence-electron chi connectivity index (χ4n) is 2.64. The highest BCUT2D eigenvalue weighted by Gasteiger charge is 2.40. The van der Waals surface area contributed by atoms with E-state index < -0.39 is 0 Å². The van der Waals surface area contributed by atoms with E-state index in [0.717, 1.165) is 11.3 Å². The van der Waals surface area contributed by atoms with Gasteiger partial charge in [-0.05, 0) is 37.6 Å². The summed E-state index contributed by atoms with van der Waals surface area (Å²) in [5.74, 6) is 0.556. The fraction of sp³-hybridized carbons (Fsp3) is 0.250. The van der Waals surface area contributed by atoms with E-state index in [1.807, 2.05) is 12.3 Å². The van der Waals surface area contributed by atoms with Gasteiger partial charge in [0, 0.05) is 18.1 Å². The van der Waals surface area contributed by atoms with E-state index in [1.54, 1.807) is 6.20 Å². The highest BCUT2D eigenvalue weighted by Crippen LogP contribution is 2.36. The molecule has 0 amide bonds. The Morgan fingerprint density at radius 2 is 1.95 bits per heavy atom. The SMILES string of the molecule is Cc1ccc(N2C(N)=NCC2(C)c2cccnc2)cc1. The van der Waals surface area contributed by atoms with E-state index in [1.165, 1.54) is 5.56 Å². The molecular formula is C16H18N4. The Labute approximate surface area is 119 Å². The molecule has 0 spiro atoms. The van der Waals surface area contributed by atoms with E-state index in [4.69, 9.17) is 5.73 Å². The van der Waals surface area contributed by atoms with Gasteiger partial charge in [0.1, 0.15) is 0 Å². The molecule has 0 bridgehead atoms. The van der Waals surface area contributed by atoms with Crippen molar-refractivity contribution in [1.82, 2.24) is 4.98 Å². The zero-order chi connectivity index (χ0) is 14.2. The molecule has 0 saturated carbocycles. The third kappa shape index (κ3) is 1.93. The Hall–Kier alpha value is -2.36. The van der Waals surface area contributed by atoms with Crippen LogP contribution >= 0.6 is 0 Å². The molecule has 1 aliphatic rings. The second-order valence-electron chi connectivity index (χ2n) is 5.36. The summed E-state index contributed by atoms with van der Waals surface area (Å²) in [6.07, 6.45) is 3.66.